The van der Waals surface area contributed by atoms with Crippen molar-refractivity contribution < 1.29 is 13.2 Å². The molecule has 0 aromatic heterocycles. The van der Waals surface area contributed by atoms with Gasteiger partial charge in [-0.25, -0.2) is 8.42 Å². The maximum Gasteiger partial charge on any atom is 0.262 e. The summed E-state index contributed by atoms with van der Waals surface area (Å²) < 4.78 is 33.0. The largest absolute Gasteiger partial charge is 0.477 e. The van der Waals surface area contributed by atoms with E-state index in [1.807, 2.05) is 6.07 Å². The van der Waals surface area contributed by atoms with Gasteiger partial charge in [0.25, 0.3) is 10.0 Å². The number of nitrogens with one attached hydrogen (secondary N) is 1. The summed E-state index contributed by atoms with van der Waals surface area (Å²) in [6.07, 6.45) is 0. The molecule has 0 fully saturated rings. The standard InChI is InChI=1S/C14H11BrN2O3S/c15-11-4-3-5-12(10-11)21(18,19)17-13-6-1-2-7-14(13)20-9-8-16/h1-7,10,17H,9H2. The first-order valence-corrected chi connectivity index (χ1v) is 8.18. The lowest BCUT2D eigenvalue weighted by molar-refractivity contribution is 0.370. The number of hydrogen-bond donors (Lipinski definition) is 1. The lowest BCUT2D eigenvalue weighted by Crippen LogP contribution is -2.14. The average Bonchev–Trinajstić information content (AvgIpc) is 2.46. The Balaban J connectivity index is 2.31. The molecule has 0 aliphatic rings. The Labute approximate surface area is 131 Å². The van der Waals surface area contributed by atoms with Gasteiger partial charge in [-0.15, -0.1) is 0 Å². The van der Waals surface area contributed by atoms with Gasteiger partial charge in [-0.05, 0) is 30.3 Å². The van der Waals surface area contributed by atoms with Crippen LogP contribution in [0.15, 0.2) is 57.9 Å². The Bertz CT molecular complexity index is 785. The van der Waals surface area contributed by atoms with E-state index in [0.717, 1.165) is 0 Å². The van der Waals surface area contributed by atoms with Crippen molar-refractivity contribution in [2.75, 3.05) is 11.3 Å². The van der Waals surface area contributed by atoms with Crippen LogP contribution in [0.2, 0.25) is 0 Å². The van der Waals surface area contributed by atoms with Gasteiger partial charge < -0.3 is 4.74 Å². The monoisotopic (exact) mass is 366 g/mol. The van der Waals surface area contributed by atoms with Crippen molar-refractivity contribution in [2.45, 2.75) is 4.90 Å². The predicted octanol–water partition coefficient (Wildman–Crippen LogP) is 3.15. The molecule has 0 saturated heterocycles. The van der Waals surface area contributed by atoms with E-state index in [0.29, 0.717) is 10.2 Å². The fraction of sp³-hybridized carbons (Fsp3) is 0.0714. The predicted molar refractivity (Wildman–Crippen MR) is 82.5 cm³/mol. The average molecular weight is 367 g/mol. The van der Waals surface area contributed by atoms with Crippen LogP contribution in [0.25, 0.3) is 0 Å². The highest BCUT2D eigenvalue weighted by Crippen LogP contribution is 2.27. The smallest absolute Gasteiger partial charge is 0.262 e. The highest BCUT2D eigenvalue weighted by Gasteiger charge is 2.16. The second-order valence-corrected chi connectivity index (χ2v) is 6.60. The number of para-hydroxylation sites is 2. The Kier molecular flexibility index (Phi) is 4.83. The minimum absolute atomic E-state index is 0.131. The molecule has 2 rings (SSSR count). The molecule has 0 aliphatic carbocycles. The lowest BCUT2D eigenvalue weighted by Gasteiger charge is -2.12. The fourth-order valence-corrected chi connectivity index (χ4v) is 3.29. The second-order valence-electron chi connectivity index (χ2n) is 4.01. The van der Waals surface area contributed by atoms with Crippen molar-refractivity contribution in [3.63, 3.8) is 0 Å². The number of hydrogen-bond acceptors (Lipinski definition) is 4. The zero-order chi connectivity index (χ0) is 15.3. The Morgan fingerprint density at radius 1 is 1.19 bits per heavy atom. The van der Waals surface area contributed by atoms with Gasteiger partial charge in [0, 0.05) is 4.47 Å². The molecular formula is C14H11BrN2O3S. The summed E-state index contributed by atoms with van der Waals surface area (Å²) in [4.78, 5) is 0.131. The van der Waals surface area contributed by atoms with Crippen LogP contribution in [-0.2, 0) is 10.0 Å². The van der Waals surface area contributed by atoms with Crippen LogP contribution in [0.4, 0.5) is 5.69 Å². The number of halogens is 1. The molecule has 0 bridgehead atoms. The molecule has 0 unspecified atom stereocenters. The van der Waals surface area contributed by atoms with Crippen molar-refractivity contribution in [2.24, 2.45) is 0 Å². The van der Waals surface area contributed by atoms with Gasteiger partial charge in [0.15, 0.2) is 6.61 Å². The number of rotatable bonds is 5. The van der Waals surface area contributed by atoms with Gasteiger partial charge >= 0.3 is 0 Å². The lowest BCUT2D eigenvalue weighted by atomic mass is 10.3. The summed E-state index contributed by atoms with van der Waals surface area (Å²) in [6, 6.07) is 14.7. The highest BCUT2D eigenvalue weighted by atomic mass is 79.9. The first kappa shape index (κ1) is 15.4. The van der Waals surface area contributed by atoms with E-state index in [-0.39, 0.29) is 17.2 Å². The highest BCUT2D eigenvalue weighted by molar-refractivity contribution is 9.10. The van der Waals surface area contributed by atoms with Crippen LogP contribution in [0, 0.1) is 11.3 Å². The topological polar surface area (TPSA) is 79.2 Å². The van der Waals surface area contributed by atoms with Crippen LogP contribution >= 0.6 is 15.9 Å². The van der Waals surface area contributed by atoms with Crippen molar-refractivity contribution >= 4 is 31.6 Å². The molecule has 5 nitrogen and oxygen atoms in total. The number of ether oxygens (including phenoxy) is 1. The third kappa shape index (κ3) is 3.97. The Hall–Kier alpha value is -2.04. The molecule has 0 atom stereocenters. The summed E-state index contributed by atoms with van der Waals surface area (Å²) in [5.41, 5.74) is 0.285. The van der Waals surface area contributed by atoms with Gasteiger partial charge in [-0.1, -0.05) is 34.1 Å². The molecule has 1 N–H and O–H groups in total. The molecule has 0 aliphatic heterocycles. The van der Waals surface area contributed by atoms with Crippen LogP contribution in [0.1, 0.15) is 0 Å². The molecule has 2 aromatic carbocycles. The Morgan fingerprint density at radius 3 is 2.67 bits per heavy atom. The van der Waals surface area contributed by atoms with Gasteiger partial charge in [-0.2, -0.15) is 5.26 Å². The minimum atomic E-state index is -3.73. The Morgan fingerprint density at radius 2 is 1.95 bits per heavy atom. The first-order valence-electron chi connectivity index (χ1n) is 5.90. The summed E-state index contributed by atoms with van der Waals surface area (Å²) in [5, 5.41) is 8.54. The molecule has 0 spiro atoms. The number of sulfonamides is 1. The maximum absolute atomic E-state index is 12.3. The molecule has 0 saturated carbocycles. The third-order valence-corrected chi connectivity index (χ3v) is 4.39. The molecular weight excluding hydrogens is 356 g/mol. The van der Waals surface area contributed by atoms with Crippen LogP contribution in [0.5, 0.6) is 5.75 Å². The normalized spacial score (nSPS) is 10.7. The van der Waals surface area contributed by atoms with E-state index >= 15 is 0 Å². The number of anilines is 1. The zero-order valence-corrected chi connectivity index (χ0v) is 13.2. The van der Waals surface area contributed by atoms with Gasteiger partial charge in [-0.3, -0.25) is 4.72 Å². The van der Waals surface area contributed by atoms with E-state index < -0.39 is 10.0 Å². The molecule has 21 heavy (non-hydrogen) atoms. The summed E-state index contributed by atoms with van der Waals surface area (Å²) in [6.45, 7) is -0.157. The van der Waals surface area contributed by atoms with E-state index in [4.69, 9.17) is 10.00 Å². The molecule has 0 radical (unpaired) electrons. The van der Waals surface area contributed by atoms with Crippen molar-refractivity contribution in [1.29, 1.82) is 5.26 Å². The SMILES string of the molecule is N#CCOc1ccccc1NS(=O)(=O)c1cccc(Br)c1. The maximum atomic E-state index is 12.3. The quantitative estimate of drug-likeness (QED) is 0.881. The van der Waals surface area contributed by atoms with E-state index in [2.05, 4.69) is 20.7 Å². The minimum Gasteiger partial charge on any atom is -0.477 e. The molecule has 7 heteroatoms. The van der Waals surface area contributed by atoms with E-state index in [1.54, 1.807) is 36.4 Å². The summed E-state index contributed by atoms with van der Waals surface area (Å²) in [5.74, 6) is 0.303. The molecule has 108 valence electrons. The molecule has 0 heterocycles. The fourth-order valence-electron chi connectivity index (χ4n) is 1.62. The van der Waals surface area contributed by atoms with E-state index in [9.17, 15) is 8.42 Å². The molecule has 2 aromatic rings. The van der Waals surface area contributed by atoms with Gasteiger partial charge in [0.1, 0.15) is 11.8 Å². The third-order valence-electron chi connectivity index (χ3n) is 2.53. The van der Waals surface area contributed by atoms with Crippen LogP contribution in [-0.4, -0.2) is 15.0 Å². The van der Waals surface area contributed by atoms with Crippen molar-refractivity contribution in [3.05, 3.63) is 53.0 Å². The van der Waals surface area contributed by atoms with Gasteiger partial charge in [0.05, 0.1) is 10.6 Å². The summed E-state index contributed by atoms with van der Waals surface area (Å²) in [7, 11) is -3.73. The van der Waals surface area contributed by atoms with E-state index in [1.165, 1.54) is 12.1 Å². The second kappa shape index (κ2) is 6.61. The van der Waals surface area contributed by atoms with Crippen molar-refractivity contribution in [1.82, 2.24) is 0 Å². The first-order chi connectivity index (χ1) is 10.0. The zero-order valence-electron chi connectivity index (χ0n) is 10.8. The number of benzene rings is 2. The van der Waals surface area contributed by atoms with Gasteiger partial charge in [0.2, 0.25) is 0 Å². The van der Waals surface area contributed by atoms with Crippen LogP contribution < -0.4 is 9.46 Å². The molecule has 0 amide bonds. The summed E-state index contributed by atoms with van der Waals surface area (Å²) >= 11 is 3.24. The van der Waals surface area contributed by atoms with Crippen LogP contribution in [0.3, 0.4) is 0 Å². The number of nitrogens with zero attached hydrogens (tertiary/aromatic N) is 1. The number of nitriles is 1. The van der Waals surface area contributed by atoms with Crippen molar-refractivity contribution in [3.8, 4) is 11.8 Å².